The van der Waals surface area contributed by atoms with Crippen LogP contribution in [0.4, 0.5) is 0 Å². The van der Waals surface area contributed by atoms with Gasteiger partial charge in [0.1, 0.15) is 0 Å². The third-order valence-corrected chi connectivity index (χ3v) is 11.7. The molecule has 11 heteroatoms. The molecule has 4 rings (SSSR count). The standard InChI is InChI=1S/C27H38N2O6S3/c1-23-4-6-24(7-5-23)36-26-9-8-25(37(30,31)20-2-10-28-12-16-34-17-13-28)22-27(26)38(32,33)21-3-11-29-14-18-35-19-15-29/h4-9,22H,2-3,10-21H2,1H3. The monoisotopic (exact) mass is 582 g/mol. The zero-order chi connectivity index (χ0) is 27.0. The molecule has 2 aliphatic heterocycles. The summed E-state index contributed by atoms with van der Waals surface area (Å²) in [4.78, 5) is 6.02. The van der Waals surface area contributed by atoms with Crippen LogP contribution in [0.25, 0.3) is 0 Å². The van der Waals surface area contributed by atoms with Crippen LogP contribution in [0, 0.1) is 6.92 Å². The van der Waals surface area contributed by atoms with Crippen molar-refractivity contribution in [2.24, 2.45) is 0 Å². The van der Waals surface area contributed by atoms with Gasteiger partial charge >= 0.3 is 0 Å². The molecule has 38 heavy (non-hydrogen) atoms. The van der Waals surface area contributed by atoms with E-state index in [0.29, 0.717) is 57.3 Å². The highest BCUT2D eigenvalue weighted by atomic mass is 32.2. The molecule has 0 aliphatic carbocycles. The van der Waals surface area contributed by atoms with Gasteiger partial charge in [-0.05, 0) is 63.2 Å². The second kappa shape index (κ2) is 13.7. The van der Waals surface area contributed by atoms with E-state index in [1.807, 2.05) is 31.2 Å². The first-order valence-corrected chi connectivity index (χ1v) is 17.3. The minimum atomic E-state index is -3.71. The minimum Gasteiger partial charge on any atom is -0.379 e. The van der Waals surface area contributed by atoms with Gasteiger partial charge in [0, 0.05) is 36.0 Å². The average Bonchev–Trinajstić information content (AvgIpc) is 2.91. The first kappa shape index (κ1) is 29.5. The van der Waals surface area contributed by atoms with Gasteiger partial charge in [0.2, 0.25) is 0 Å². The molecule has 210 valence electrons. The van der Waals surface area contributed by atoms with E-state index in [2.05, 4.69) is 9.80 Å². The van der Waals surface area contributed by atoms with Gasteiger partial charge < -0.3 is 9.47 Å². The van der Waals surface area contributed by atoms with Crippen LogP contribution in [0.1, 0.15) is 18.4 Å². The molecule has 0 N–H and O–H groups in total. The third kappa shape index (κ3) is 8.51. The van der Waals surface area contributed by atoms with Crippen LogP contribution >= 0.6 is 11.8 Å². The van der Waals surface area contributed by atoms with E-state index < -0.39 is 19.7 Å². The largest absolute Gasteiger partial charge is 0.379 e. The van der Waals surface area contributed by atoms with Crippen molar-refractivity contribution < 1.29 is 26.3 Å². The van der Waals surface area contributed by atoms with Crippen molar-refractivity contribution >= 4 is 31.4 Å². The van der Waals surface area contributed by atoms with Crippen LogP contribution in [-0.2, 0) is 29.1 Å². The first-order chi connectivity index (χ1) is 18.2. The Bertz CT molecular complexity index is 1250. The molecule has 0 radical (unpaired) electrons. The van der Waals surface area contributed by atoms with E-state index in [9.17, 15) is 16.8 Å². The molecule has 2 aromatic rings. The number of benzene rings is 2. The Labute approximate surface area is 231 Å². The number of hydrogen-bond acceptors (Lipinski definition) is 9. The van der Waals surface area contributed by atoms with Crippen LogP contribution in [0.3, 0.4) is 0 Å². The number of hydrogen-bond donors (Lipinski definition) is 0. The predicted octanol–water partition coefficient (Wildman–Crippen LogP) is 3.14. The summed E-state index contributed by atoms with van der Waals surface area (Å²) in [6.07, 6.45) is 0.970. The highest BCUT2D eigenvalue weighted by molar-refractivity contribution is 8.00. The smallest absolute Gasteiger partial charge is 0.179 e. The molecule has 0 saturated carbocycles. The lowest BCUT2D eigenvalue weighted by atomic mass is 10.2. The van der Waals surface area contributed by atoms with E-state index in [1.165, 1.54) is 17.8 Å². The zero-order valence-corrected chi connectivity index (χ0v) is 24.5. The quantitative estimate of drug-likeness (QED) is 0.374. The number of rotatable bonds is 12. The van der Waals surface area contributed by atoms with Gasteiger partial charge in [-0.25, -0.2) is 16.8 Å². The molecule has 2 fully saturated rings. The van der Waals surface area contributed by atoms with Crippen LogP contribution in [0.15, 0.2) is 62.0 Å². The predicted molar refractivity (Wildman–Crippen MR) is 150 cm³/mol. The van der Waals surface area contributed by atoms with E-state index in [1.54, 1.807) is 12.1 Å². The van der Waals surface area contributed by atoms with Crippen LogP contribution < -0.4 is 0 Å². The van der Waals surface area contributed by atoms with Crippen molar-refractivity contribution in [2.75, 3.05) is 77.2 Å². The van der Waals surface area contributed by atoms with E-state index >= 15 is 0 Å². The molecule has 2 aromatic carbocycles. The molecular weight excluding hydrogens is 545 g/mol. The van der Waals surface area contributed by atoms with E-state index in [4.69, 9.17) is 9.47 Å². The third-order valence-electron chi connectivity index (χ3n) is 6.84. The summed E-state index contributed by atoms with van der Waals surface area (Å²) in [7, 11) is -7.34. The minimum absolute atomic E-state index is 0.0225. The lowest BCUT2D eigenvalue weighted by molar-refractivity contribution is 0.0380. The molecule has 0 bridgehead atoms. The normalized spacial score (nSPS) is 18.0. The van der Waals surface area contributed by atoms with Crippen molar-refractivity contribution in [2.45, 2.75) is 39.3 Å². The second-order valence-electron chi connectivity index (χ2n) is 9.78. The number of ether oxygens (including phenoxy) is 2. The fourth-order valence-electron chi connectivity index (χ4n) is 4.58. The lowest BCUT2D eigenvalue weighted by Gasteiger charge is -2.26. The van der Waals surface area contributed by atoms with Gasteiger partial charge in [-0.15, -0.1) is 0 Å². The SMILES string of the molecule is Cc1ccc(Sc2ccc(S(=O)(=O)CCCN3CCOCC3)cc2S(=O)(=O)CCCN2CCOCC2)cc1. The van der Waals surface area contributed by atoms with Crippen LogP contribution in [-0.4, -0.2) is 104 Å². The Hall–Kier alpha value is -1.47. The van der Waals surface area contributed by atoms with Crippen molar-refractivity contribution in [1.29, 1.82) is 0 Å². The summed E-state index contributed by atoms with van der Waals surface area (Å²) >= 11 is 1.35. The van der Waals surface area contributed by atoms with Gasteiger partial charge in [0.05, 0.1) is 47.7 Å². The summed E-state index contributed by atoms with van der Waals surface area (Å²) in [5.41, 5.74) is 1.11. The maximum atomic E-state index is 13.6. The van der Waals surface area contributed by atoms with Crippen LogP contribution in [0.5, 0.6) is 0 Å². The summed E-state index contributed by atoms with van der Waals surface area (Å²) < 4.78 is 64.3. The molecular formula is C27H38N2O6S3. The number of aryl methyl sites for hydroxylation is 1. The Morgan fingerprint density at radius 1 is 0.737 bits per heavy atom. The number of nitrogens with zero attached hydrogens (tertiary/aromatic N) is 2. The molecule has 0 spiro atoms. The van der Waals surface area contributed by atoms with Gasteiger partial charge in [0.15, 0.2) is 19.7 Å². The Morgan fingerprint density at radius 2 is 1.26 bits per heavy atom. The second-order valence-corrected chi connectivity index (χ2v) is 15.1. The summed E-state index contributed by atoms with van der Waals surface area (Å²) in [6.45, 7) is 9.20. The maximum absolute atomic E-state index is 13.6. The van der Waals surface area contributed by atoms with Gasteiger partial charge in [-0.1, -0.05) is 29.5 Å². The molecule has 2 aliphatic rings. The van der Waals surface area contributed by atoms with Gasteiger partial charge in [-0.2, -0.15) is 0 Å². The Balaban J connectivity index is 1.51. The van der Waals surface area contributed by atoms with E-state index in [-0.39, 0.29) is 21.3 Å². The highest BCUT2D eigenvalue weighted by Crippen LogP contribution is 2.35. The average molecular weight is 583 g/mol. The molecule has 2 saturated heterocycles. The molecule has 0 amide bonds. The maximum Gasteiger partial charge on any atom is 0.179 e. The summed E-state index contributed by atoms with van der Waals surface area (Å²) in [6, 6.07) is 12.4. The van der Waals surface area contributed by atoms with Crippen molar-refractivity contribution in [3.8, 4) is 0 Å². The van der Waals surface area contributed by atoms with Crippen LogP contribution in [0.2, 0.25) is 0 Å². The zero-order valence-electron chi connectivity index (χ0n) is 22.0. The first-order valence-electron chi connectivity index (χ1n) is 13.2. The van der Waals surface area contributed by atoms with Crippen molar-refractivity contribution in [3.05, 3.63) is 48.0 Å². The fraction of sp³-hybridized carbons (Fsp3) is 0.556. The Kier molecular flexibility index (Phi) is 10.7. The van der Waals surface area contributed by atoms with Crippen molar-refractivity contribution in [1.82, 2.24) is 9.80 Å². The summed E-state index contributed by atoms with van der Waals surface area (Å²) in [5, 5.41) is 0. The molecule has 8 nitrogen and oxygen atoms in total. The molecule has 2 heterocycles. The fourth-order valence-corrected chi connectivity index (χ4v) is 8.71. The topological polar surface area (TPSA) is 93.2 Å². The Morgan fingerprint density at radius 3 is 1.82 bits per heavy atom. The highest BCUT2D eigenvalue weighted by Gasteiger charge is 2.25. The molecule has 0 aromatic heterocycles. The number of morpholine rings is 2. The molecule has 0 unspecified atom stereocenters. The van der Waals surface area contributed by atoms with E-state index in [0.717, 1.165) is 36.6 Å². The van der Waals surface area contributed by atoms with Gasteiger partial charge in [0.25, 0.3) is 0 Å². The van der Waals surface area contributed by atoms with Gasteiger partial charge in [-0.3, -0.25) is 9.80 Å². The summed E-state index contributed by atoms with van der Waals surface area (Å²) in [5.74, 6) is -0.0579. The lowest BCUT2D eigenvalue weighted by Crippen LogP contribution is -2.37. The van der Waals surface area contributed by atoms with Crippen molar-refractivity contribution in [3.63, 3.8) is 0 Å². The number of sulfone groups is 2. The molecule has 0 atom stereocenters.